The number of hydrogen-bond donors (Lipinski definition) is 1. The number of carbonyl (C=O) groups excluding carboxylic acids is 1. The van der Waals surface area contributed by atoms with Crippen molar-refractivity contribution >= 4 is 6.09 Å². The third kappa shape index (κ3) is 4.85. The van der Waals surface area contributed by atoms with Crippen molar-refractivity contribution in [2.24, 2.45) is 5.11 Å². The molecule has 0 saturated heterocycles. The monoisotopic (exact) mass is 296 g/mol. The van der Waals surface area contributed by atoms with Crippen LogP contribution in [-0.4, -0.2) is 12.6 Å². The van der Waals surface area contributed by atoms with E-state index in [-0.39, 0.29) is 13.2 Å². The van der Waals surface area contributed by atoms with Gasteiger partial charge >= 0.3 is 6.09 Å². The Morgan fingerprint density at radius 3 is 2.41 bits per heavy atom. The van der Waals surface area contributed by atoms with Gasteiger partial charge in [0.05, 0.1) is 12.6 Å². The Morgan fingerprint density at radius 1 is 1.14 bits per heavy atom. The minimum Gasteiger partial charge on any atom is -0.445 e. The maximum atomic E-state index is 11.9. The summed E-state index contributed by atoms with van der Waals surface area (Å²) in [5.74, 6) is 0. The Labute approximate surface area is 128 Å². The molecule has 112 valence electrons. The summed E-state index contributed by atoms with van der Waals surface area (Å²) in [6.45, 7) is 0.316. The molecule has 6 heteroatoms. The van der Waals surface area contributed by atoms with Gasteiger partial charge in [-0.1, -0.05) is 65.8 Å². The smallest absolute Gasteiger partial charge is 0.407 e. The number of nitrogens with zero attached hydrogens (tertiary/aromatic N) is 3. The molecule has 2 aromatic rings. The van der Waals surface area contributed by atoms with Crippen LogP contribution in [-0.2, 0) is 11.3 Å². The Morgan fingerprint density at radius 2 is 1.77 bits per heavy atom. The van der Waals surface area contributed by atoms with Gasteiger partial charge in [-0.3, -0.25) is 0 Å². The highest BCUT2D eigenvalue weighted by Crippen LogP contribution is 2.13. The molecule has 6 nitrogen and oxygen atoms in total. The number of benzene rings is 2. The molecule has 0 aliphatic heterocycles. The molecule has 0 radical (unpaired) electrons. The summed E-state index contributed by atoms with van der Waals surface area (Å²) in [6.07, 6.45) is -0.550. The number of amides is 1. The second-order valence-corrected chi connectivity index (χ2v) is 4.58. The maximum Gasteiger partial charge on any atom is 0.407 e. The zero-order valence-corrected chi connectivity index (χ0v) is 11.9. The predicted octanol–water partition coefficient (Wildman–Crippen LogP) is 3.96. The van der Waals surface area contributed by atoms with E-state index >= 15 is 0 Å². The van der Waals surface area contributed by atoms with Crippen molar-refractivity contribution in [2.45, 2.75) is 12.6 Å². The van der Waals surface area contributed by atoms with Crippen LogP contribution in [0.15, 0.2) is 65.8 Å². The van der Waals surface area contributed by atoms with E-state index in [1.54, 1.807) is 0 Å². The lowest BCUT2D eigenvalue weighted by molar-refractivity contribution is 0.136. The molecule has 0 aliphatic rings. The molecule has 1 amide bonds. The largest absolute Gasteiger partial charge is 0.445 e. The highest BCUT2D eigenvalue weighted by atomic mass is 16.5. The summed E-state index contributed by atoms with van der Waals surface area (Å²) < 4.78 is 5.18. The van der Waals surface area contributed by atoms with Gasteiger partial charge in [-0.25, -0.2) is 4.79 Å². The maximum absolute atomic E-state index is 11.9. The normalized spacial score (nSPS) is 11.1. The summed E-state index contributed by atoms with van der Waals surface area (Å²) in [6, 6.07) is 18.3. The van der Waals surface area contributed by atoms with Crippen molar-refractivity contribution in [3.8, 4) is 0 Å². The molecule has 2 aromatic carbocycles. The highest BCUT2D eigenvalue weighted by Gasteiger charge is 2.14. The van der Waals surface area contributed by atoms with Gasteiger partial charge in [0.15, 0.2) is 0 Å². The predicted molar refractivity (Wildman–Crippen MR) is 83.0 cm³/mol. The first-order valence-corrected chi connectivity index (χ1v) is 6.82. The summed E-state index contributed by atoms with van der Waals surface area (Å²) in [5, 5.41) is 6.24. The summed E-state index contributed by atoms with van der Waals surface area (Å²) >= 11 is 0. The number of ether oxygens (including phenoxy) is 1. The zero-order chi connectivity index (χ0) is 15.6. The topological polar surface area (TPSA) is 87.1 Å². The Bertz CT molecular complexity index is 640. The number of azide groups is 1. The van der Waals surface area contributed by atoms with E-state index in [4.69, 9.17) is 10.3 Å². The van der Waals surface area contributed by atoms with Crippen molar-refractivity contribution in [1.82, 2.24) is 5.32 Å². The third-order valence-electron chi connectivity index (χ3n) is 3.03. The first kappa shape index (κ1) is 15.4. The van der Waals surface area contributed by atoms with Crippen molar-refractivity contribution in [3.05, 3.63) is 82.2 Å². The lowest BCUT2D eigenvalue weighted by Crippen LogP contribution is -2.30. The van der Waals surface area contributed by atoms with Crippen molar-refractivity contribution in [3.63, 3.8) is 0 Å². The molecule has 0 aliphatic carbocycles. The van der Waals surface area contributed by atoms with Crippen LogP contribution >= 0.6 is 0 Å². The van der Waals surface area contributed by atoms with Crippen molar-refractivity contribution < 1.29 is 9.53 Å². The highest BCUT2D eigenvalue weighted by molar-refractivity contribution is 5.68. The quantitative estimate of drug-likeness (QED) is 0.496. The molecule has 1 N–H and O–H groups in total. The third-order valence-corrected chi connectivity index (χ3v) is 3.03. The van der Waals surface area contributed by atoms with Gasteiger partial charge in [0.2, 0.25) is 0 Å². The van der Waals surface area contributed by atoms with Crippen LogP contribution in [0.2, 0.25) is 0 Å². The van der Waals surface area contributed by atoms with Crippen LogP contribution < -0.4 is 5.32 Å². The second kappa shape index (κ2) is 8.34. The Balaban J connectivity index is 1.94. The van der Waals surface area contributed by atoms with Gasteiger partial charge in [-0.05, 0) is 16.7 Å². The van der Waals surface area contributed by atoms with E-state index < -0.39 is 12.1 Å². The molecule has 0 spiro atoms. The van der Waals surface area contributed by atoms with Crippen LogP contribution in [0.4, 0.5) is 4.79 Å². The minimum atomic E-state index is -0.550. The molecule has 0 bridgehead atoms. The minimum absolute atomic E-state index is 0.126. The molecule has 1 atom stereocenters. The molecule has 0 heterocycles. The first-order chi connectivity index (χ1) is 10.8. The van der Waals surface area contributed by atoms with Crippen molar-refractivity contribution in [2.75, 3.05) is 6.54 Å². The summed E-state index contributed by atoms with van der Waals surface area (Å²) in [7, 11) is 0. The van der Waals surface area contributed by atoms with Gasteiger partial charge in [0.1, 0.15) is 6.61 Å². The zero-order valence-electron chi connectivity index (χ0n) is 11.9. The van der Waals surface area contributed by atoms with Crippen LogP contribution in [0.3, 0.4) is 0 Å². The van der Waals surface area contributed by atoms with E-state index in [0.717, 1.165) is 11.1 Å². The molecule has 0 unspecified atom stereocenters. The SMILES string of the molecule is [N-]=[N+]=NC[C@H](NC(=O)OCc1ccccc1)c1ccccc1. The molecular weight excluding hydrogens is 280 g/mol. The van der Waals surface area contributed by atoms with E-state index in [0.29, 0.717) is 0 Å². The second-order valence-electron chi connectivity index (χ2n) is 4.58. The fourth-order valence-electron chi connectivity index (χ4n) is 1.94. The van der Waals surface area contributed by atoms with Crippen LogP contribution in [0.1, 0.15) is 17.2 Å². The Kier molecular flexibility index (Phi) is 5.84. The number of nitrogens with one attached hydrogen (secondary N) is 1. The molecule has 2 rings (SSSR count). The van der Waals surface area contributed by atoms with Gasteiger partial charge < -0.3 is 10.1 Å². The number of alkyl carbamates (subject to hydrolysis) is 1. The van der Waals surface area contributed by atoms with E-state index in [9.17, 15) is 4.79 Å². The number of hydrogen-bond acceptors (Lipinski definition) is 3. The van der Waals surface area contributed by atoms with Crippen LogP contribution in [0.5, 0.6) is 0 Å². The van der Waals surface area contributed by atoms with Gasteiger partial charge in [0, 0.05) is 4.91 Å². The standard InChI is InChI=1S/C16H16N4O2/c17-20-18-11-15(14-9-5-2-6-10-14)19-16(21)22-12-13-7-3-1-4-8-13/h1-10,15H,11-12H2,(H,19,21)/t15-/m0/s1. The lowest BCUT2D eigenvalue weighted by atomic mass is 10.1. The fraction of sp³-hybridized carbons (Fsp3) is 0.188. The molecule has 0 saturated carbocycles. The Hall–Kier alpha value is -2.98. The summed E-state index contributed by atoms with van der Waals surface area (Å²) in [4.78, 5) is 14.6. The average molecular weight is 296 g/mol. The van der Waals surface area contributed by atoms with Crippen LogP contribution in [0.25, 0.3) is 10.4 Å². The van der Waals surface area contributed by atoms with E-state index in [1.165, 1.54) is 0 Å². The molecule has 0 fully saturated rings. The molecular formula is C16H16N4O2. The van der Waals surface area contributed by atoms with E-state index in [2.05, 4.69) is 15.3 Å². The van der Waals surface area contributed by atoms with Gasteiger partial charge in [0.25, 0.3) is 0 Å². The fourth-order valence-corrected chi connectivity index (χ4v) is 1.94. The number of carbonyl (C=O) groups is 1. The molecule has 22 heavy (non-hydrogen) atoms. The van der Waals surface area contributed by atoms with Crippen LogP contribution in [0, 0.1) is 0 Å². The van der Waals surface area contributed by atoms with E-state index in [1.807, 2.05) is 60.7 Å². The lowest BCUT2D eigenvalue weighted by Gasteiger charge is -2.17. The van der Waals surface area contributed by atoms with Gasteiger partial charge in [-0.2, -0.15) is 0 Å². The molecule has 0 aromatic heterocycles. The van der Waals surface area contributed by atoms with Gasteiger partial charge in [-0.15, -0.1) is 0 Å². The first-order valence-electron chi connectivity index (χ1n) is 6.82. The van der Waals surface area contributed by atoms with Crippen molar-refractivity contribution in [1.29, 1.82) is 0 Å². The summed E-state index contributed by atoms with van der Waals surface area (Å²) in [5.41, 5.74) is 10.2. The average Bonchev–Trinajstić information content (AvgIpc) is 2.58. The number of rotatable bonds is 6.